The van der Waals surface area contributed by atoms with Gasteiger partial charge in [0, 0.05) is 68.0 Å². The fourth-order valence-corrected chi connectivity index (χ4v) is 10.5. The maximum atomic E-state index is 7.14. The fraction of sp³-hybridized carbons (Fsp3) is 0.0164. The molecule has 0 unspecified atom stereocenters. The van der Waals surface area contributed by atoms with E-state index in [0.29, 0.717) is 0 Å². The number of aromatic nitrogens is 1. The number of fused-ring (bicyclic) bond motifs is 7. The van der Waals surface area contributed by atoms with Gasteiger partial charge >= 0.3 is 0 Å². The molecule has 11 aromatic rings. The summed E-state index contributed by atoms with van der Waals surface area (Å²) in [6, 6.07) is 87.3. The minimum absolute atomic E-state index is 0.0771. The average molecular weight is 859 g/mol. The standard InChI is InChI=1S/C61H43BN4O/c1-42-32-34-47(35-33-42)64(56-30-16-27-51-50-26-14-15-28-54(50)66(61(51)56)46-24-12-5-13-25-46)49-37-39-53-59(41-49)67-58-31-17-29-55-60(58)62(53)52-38-36-48(40-57(52)65(55)45-22-10-4-11-23-45)63(43-18-6-2-7-19-43)44-20-8-3-9-21-44/h2-41H,1H3. The first-order valence-electron chi connectivity index (χ1n) is 23.0. The Morgan fingerprint density at radius 1 is 0.403 bits per heavy atom. The topological polar surface area (TPSA) is 23.9 Å². The maximum Gasteiger partial charge on any atom is 0.256 e. The van der Waals surface area contributed by atoms with E-state index in [1.165, 1.54) is 32.8 Å². The molecule has 0 aliphatic carbocycles. The third-order valence-corrected chi connectivity index (χ3v) is 13.4. The summed E-state index contributed by atoms with van der Waals surface area (Å²) in [5.74, 6) is 1.71. The molecule has 0 N–H and O–H groups in total. The number of benzene rings is 10. The van der Waals surface area contributed by atoms with Gasteiger partial charge in [0.2, 0.25) is 0 Å². The molecule has 5 nitrogen and oxygen atoms in total. The largest absolute Gasteiger partial charge is 0.458 e. The molecule has 6 heteroatoms. The van der Waals surface area contributed by atoms with Crippen LogP contribution in [-0.4, -0.2) is 11.3 Å². The highest BCUT2D eigenvalue weighted by Gasteiger charge is 2.42. The van der Waals surface area contributed by atoms with Crippen molar-refractivity contribution in [3.63, 3.8) is 0 Å². The molecule has 3 heterocycles. The van der Waals surface area contributed by atoms with E-state index in [4.69, 9.17) is 4.74 Å². The first-order valence-corrected chi connectivity index (χ1v) is 23.0. The Balaban J connectivity index is 1.01. The van der Waals surface area contributed by atoms with E-state index in [9.17, 15) is 0 Å². The van der Waals surface area contributed by atoms with E-state index in [-0.39, 0.29) is 6.71 Å². The van der Waals surface area contributed by atoms with Crippen molar-refractivity contribution in [3.8, 4) is 17.2 Å². The van der Waals surface area contributed by atoms with Crippen LogP contribution in [0.1, 0.15) is 5.56 Å². The van der Waals surface area contributed by atoms with Gasteiger partial charge in [-0.25, -0.2) is 0 Å². The lowest BCUT2D eigenvalue weighted by atomic mass is 9.34. The van der Waals surface area contributed by atoms with Crippen molar-refractivity contribution in [1.29, 1.82) is 0 Å². The number of anilines is 9. The Kier molecular flexibility index (Phi) is 9.10. The van der Waals surface area contributed by atoms with Crippen LogP contribution in [0.3, 0.4) is 0 Å². The lowest BCUT2D eigenvalue weighted by molar-refractivity contribution is 0.487. The van der Waals surface area contributed by atoms with Crippen LogP contribution in [0.15, 0.2) is 243 Å². The molecule has 67 heavy (non-hydrogen) atoms. The Labute approximate surface area is 390 Å². The second-order valence-corrected chi connectivity index (χ2v) is 17.4. The van der Waals surface area contributed by atoms with Crippen LogP contribution < -0.4 is 35.8 Å². The molecule has 0 saturated heterocycles. The molecule has 2 aliphatic rings. The zero-order valence-electron chi connectivity index (χ0n) is 36.9. The van der Waals surface area contributed by atoms with Crippen molar-refractivity contribution in [2.45, 2.75) is 6.92 Å². The lowest BCUT2D eigenvalue weighted by Crippen LogP contribution is -2.59. The van der Waals surface area contributed by atoms with Gasteiger partial charge in [-0.05, 0) is 126 Å². The van der Waals surface area contributed by atoms with E-state index >= 15 is 0 Å². The van der Waals surface area contributed by atoms with Crippen LogP contribution >= 0.6 is 0 Å². The zero-order valence-corrected chi connectivity index (χ0v) is 36.9. The summed E-state index contributed by atoms with van der Waals surface area (Å²) in [5.41, 5.74) is 17.9. The molecule has 0 saturated carbocycles. The van der Waals surface area contributed by atoms with Crippen LogP contribution in [-0.2, 0) is 0 Å². The summed E-state index contributed by atoms with van der Waals surface area (Å²) < 4.78 is 9.56. The molecule has 316 valence electrons. The van der Waals surface area contributed by atoms with E-state index in [1.54, 1.807) is 0 Å². The van der Waals surface area contributed by atoms with Crippen LogP contribution in [0.25, 0.3) is 27.5 Å². The van der Waals surface area contributed by atoms with Crippen molar-refractivity contribution in [2.75, 3.05) is 14.7 Å². The van der Waals surface area contributed by atoms with Crippen LogP contribution in [0, 0.1) is 6.92 Å². The predicted octanol–water partition coefficient (Wildman–Crippen LogP) is 14.4. The number of rotatable bonds is 8. The summed E-state index contributed by atoms with van der Waals surface area (Å²) >= 11 is 0. The number of hydrogen-bond donors (Lipinski definition) is 0. The molecule has 0 amide bonds. The van der Waals surface area contributed by atoms with E-state index in [0.717, 1.165) is 79.4 Å². The molecule has 10 aromatic carbocycles. The number of ether oxygens (including phenoxy) is 1. The van der Waals surface area contributed by atoms with Gasteiger partial charge in [0.05, 0.1) is 16.7 Å². The lowest BCUT2D eigenvalue weighted by Gasteiger charge is -2.41. The van der Waals surface area contributed by atoms with Gasteiger partial charge in [0.15, 0.2) is 0 Å². The summed E-state index contributed by atoms with van der Waals surface area (Å²) in [7, 11) is 0. The highest BCUT2D eigenvalue weighted by atomic mass is 16.5. The quantitative estimate of drug-likeness (QED) is 0.142. The maximum absolute atomic E-state index is 7.14. The molecule has 0 radical (unpaired) electrons. The first-order chi connectivity index (χ1) is 33.2. The van der Waals surface area contributed by atoms with Crippen molar-refractivity contribution in [2.24, 2.45) is 0 Å². The Bertz CT molecular complexity index is 3590. The van der Waals surface area contributed by atoms with Gasteiger partial charge in [-0.3, -0.25) is 0 Å². The van der Waals surface area contributed by atoms with Crippen LogP contribution in [0.2, 0.25) is 0 Å². The smallest absolute Gasteiger partial charge is 0.256 e. The van der Waals surface area contributed by atoms with E-state index in [1.807, 2.05) is 0 Å². The number of para-hydroxylation sites is 6. The van der Waals surface area contributed by atoms with Gasteiger partial charge < -0.3 is 24.0 Å². The van der Waals surface area contributed by atoms with Gasteiger partial charge in [-0.1, -0.05) is 139 Å². The zero-order chi connectivity index (χ0) is 44.4. The van der Waals surface area contributed by atoms with E-state index < -0.39 is 0 Å². The third kappa shape index (κ3) is 6.33. The molecule has 0 fully saturated rings. The summed E-state index contributed by atoms with van der Waals surface area (Å²) in [5, 5.41) is 2.41. The molecular weight excluding hydrogens is 816 g/mol. The van der Waals surface area contributed by atoms with Gasteiger partial charge in [-0.15, -0.1) is 0 Å². The Morgan fingerprint density at radius 2 is 0.970 bits per heavy atom. The van der Waals surface area contributed by atoms with E-state index in [2.05, 4.69) is 269 Å². The number of aryl methyl sites for hydroxylation is 1. The number of hydrogen-bond acceptors (Lipinski definition) is 4. The molecule has 0 atom stereocenters. The third-order valence-electron chi connectivity index (χ3n) is 13.4. The van der Waals surface area contributed by atoms with Crippen molar-refractivity contribution < 1.29 is 4.74 Å². The first kappa shape index (κ1) is 38.7. The Hall–Kier alpha value is -8.74. The van der Waals surface area contributed by atoms with Gasteiger partial charge in [0.25, 0.3) is 6.71 Å². The van der Waals surface area contributed by atoms with Crippen molar-refractivity contribution in [1.82, 2.24) is 4.57 Å². The molecule has 2 aliphatic heterocycles. The summed E-state index contributed by atoms with van der Waals surface area (Å²) in [4.78, 5) is 7.16. The Morgan fingerprint density at radius 3 is 1.69 bits per heavy atom. The van der Waals surface area contributed by atoms with Gasteiger partial charge in [-0.2, -0.15) is 0 Å². The second-order valence-electron chi connectivity index (χ2n) is 17.4. The molecule has 0 spiro atoms. The molecule has 13 rings (SSSR count). The fourth-order valence-electron chi connectivity index (χ4n) is 10.5. The van der Waals surface area contributed by atoms with Crippen LogP contribution in [0.5, 0.6) is 11.5 Å². The summed E-state index contributed by atoms with van der Waals surface area (Å²) in [6.45, 7) is 2.07. The monoisotopic (exact) mass is 858 g/mol. The minimum Gasteiger partial charge on any atom is -0.458 e. The van der Waals surface area contributed by atoms with Crippen LogP contribution in [0.4, 0.5) is 51.2 Å². The second kappa shape index (κ2) is 15.8. The number of nitrogens with zero attached hydrogens (tertiary/aromatic N) is 4. The molecule has 1 aromatic heterocycles. The summed E-state index contributed by atoms with van der Waals surface area (Å²) in [6.07, 6.45) is 0. The highest BCUT2D eigenvalue weighted by molar-refractivity contribution is 6.99. The SMILES string of the molecule is Cc1ccc(N(c2ccc3c(c2)Oc2cccc4c2B3c2ccc(N(c3ccccc3)c3ccccc3)cc2N4c2ccccc2)c2cccc3c4ccccc4n(-c4ccccc4)c23)cc1. The average Bonchev–Trinajstić information content (AvgIpc) is 3.73. The van der Waals surface area contributed by atoms with Gasteiger partial charge in [0.1, 0.15) is 11.5 Å². The van der Waals surface area contributed by atoms with Crippen molar-refractivity contribution >= 4 is 96.1 Å². The van der Waals surface area contributed by atoms with Crippen molar-refractivity contribution in [3.05, 3.63) is 248 Å². The predicted molar refractivity (Wildman–Crippen MR) is 281 cm³/mol. The highest BCUT2D eigenvalue weighted by Crippen LogP contribution is 2.47. The molecule has 0 bridgehead atoms. The normalized spacial score (nSPS) is 12.3. The molecular formula is C61H43BN4O. The minimum atomic E-state index is -0.0771.